The number of hydrogen-bond donors (Lipinski definition) is 6. The average Bonchev–Trinajstić information content (AvgIpc) is 2.84. The topological polar surface area (TPSA) is 213 Å². The van der Waals surface area contributed by atoms with Crippen molar-refractivity contribution in [3.63, 3.8) is 0 Å². The zero-order valence-corrected chi connectivity index (χ0v) is 19.0. The molecule has 1 fully saturated rings. The third-order valence-electron chi connectivity index (χ3n) is 5.60. The summed E-state index contributed by atoms with van der Waals surface area (Å²) in [4.78, 5) is 37.3. The van der Waals surface area contributed by atoms with E-state index in [4.69, 9.17) is 18.6 Å². The van der Waals surface area contributed by atoms with Crippen LogP contribution in [0.15, 0.2) is 51.7 Å². The Morgan fingerprint density at radius 3 is 2.30 bits per heavy atom. The van der Waals surface area contributed by atoms with Gasteiger partial charge in [-0.1, -0.05) is 0 Å². The summed E-state index contributed by atoms with van der Waals surface area (Å²) in [6.07, 6.45) is -11.2. The standard InChI is InChI=1S/C24H22O13/c1-9(34-24(33)21-19(29)18(28)20(30)23(32)37-21)22(31)35-12-6-13(26)17-14(27)8-15(36-16(17)7-12)10-2-4-11(25)5-3-10/h2-9,18-21,23,25-26,28-30,32H,1H3/t9-,18+,19+,20-,21+,23-/m1/s1. The summed E-state index contributed by atoms with van der Waals surface area (Å²) < 4.78 is 20.5. The summed E-state index contributed by atoms with van der Waals surface area (Å²) in [6, 6.07) is 9.08. The van der Waals surface area contributed by atoms with Gasteiger partial charge in [0, 0.05) is 23.8 Å². The lowest BCUT2D eigenvalue weighted by Crippen LogP contribution is -2.60. The Hall–Kier alpha value is -4.01. The number of ether oxygens (including phenoxy) is 3. The summed E-state index contributed by atoms with van der Waals surface area (Å²) >= 11 is 0. The van der Waals surface area contributed by atoms with Crippen molar-refractivity contribution < 1.29 is 58.9 Å². The van der Waals surface area contributed by atoms with Crippen molar-refractivity contribution in [2.75, 3.05) is 0 Å². The average molecular weight is 518 g/mol. The number of aliphatic hydroxyl groups excluding tert-OH is 4. The first kappa shape index (κ1) is 26.1. The monoisotopic (exact) mass is 518 g/mol. The number of esters is 2. The first-order chi connectivity index (χ1) is 17.5. The zero-order chi connectivity index (χ0) is 27.0. The van der Waals surface area contributed by atoms with E-state index in [9.17, 15) is 45.0 Å². The minimum absolute atomic E-state index is 0.00283. The van der Waals surface area contributed by atoms with E-state index in [1.165, 1.54) is 24.3 Å². The molecular formula is C24H22O13. The summed E-state index contributed by atoms with van der Waals surface area (Å²) in [5.41, 5.74) is -0.250. The summed E-state index contributed by atoms with van der Waals surface area (Å²) in [5.74, 6) is -3.14. The molecule has 2 aromatic carbocycles. The van der Waals surface area contributed by atoms with Gasteiger partial charge in [0.1, 0.15) is 52.3 Å². The van der Waals surface area contributed by atoms with Crippen LogP contribution in [0, 0.1) is 0 Å². The lowest BCUT2D eigenvalue weighted by Gasteiger charge is -2.37. The second-order valence-corrected chi connectivity index (χ2v) is 8.26. The molecule has 6 atom stereocenters. The number of rotatable bonds is 5. The molecule has 0 saturated carbocycles. The van der Waals surface area contributed by atoms with E-state index in [0.717, 1.165) is 25.1 Å². The number of phenolic OH excluding ortho intramolecular Hbond substituents is 2. The largest absolute Gasteiger partial charge is 0.508 e. The number of hydrogen-bond acceptors (Lipinski definition) is 13. The van der Waals surface area contributed by atoms with Crippen molar-refractivity contribution >= 4 is 22.9 Å². The number of carbonyl (C=O) groups is 2. The Kier molecular flexibility index (Phi) is 7.16. The fourth-order valence-corrected chi connectivity index (χ4v) is 3.61. The molecule has 37 heavy (non-hydrogen) atoms. The van der Waals surface area contributed by atoms with Gasteiger partial charge in [0.25, 0.3) is 0 Å². The Bertz CT molecular complexity index is 1380. The van der Waals surface area contributed by atoms with Gasteiger partial charge in [-0.2, -0.15) is 0 Å². The van der Waals surface area contributed by atoms with Crippen LogP contribution in [0.1, 0.15) is 6.92 Å². The summed E-state index contributed by atoms with van der Waals surface area (Å²) in [5, 5.41) is 58.3. The fourth-order valence-electron chi connectivity index (χ4n) is 3.61. The van der Waals surface area contributed by atoms with Crippen LogP contribution in [-0.4, -0.2) is 79.4 Å². The van der Waals surface area contributed by atoms with Gasteiger partial charge in [-0.15, -0.1) is 0 Å². The Labute approximate surface area is 207 Å². The maximum absolute atomic E-state index is 12.5. The van der Waals surface area contributed by atoms with Crippen LogP contribution in [0.2, 0.25) is 0 Å². The highest BCUT2D eigenvalue weighted by atomic mass is 16.7. The highest BCUT2D eigenvalue weighted by Crippen LogP contribution is 2.32. The maximum Gasteiger partial charge on any atom is 0.352 e. The molecule has 2 heterocycles. The van der Waals surface area contributed by atoms with E-state index in [1.54, 1.807) is 0 Å². The highest BCUT2D eigenvalue weighted by molar-refractivity contribution is 5.88. The molecule has 13 nitrogen and oxygen atoms in total. The van der Waals surface area contributed by atoms with Crippen molar-refractivity contribution in [2.45, 2.75) is 43.7 Å². The van der Waals surface area contributed by atoms with Crippen molar-refractivity contribution in [1.82, 2.24) is 0 Å². The van der Waals surface area contributed by atoms with Gasteiger partial charge in [0.15, 0.2) is 23.9 Å². The van der Waals surface area contributed by atoms with E-state index in [2.05, 4.69) is 0 Å². The number of aliphatic hydroxyl groups is 4. The van der Waals surface area contributed by atoms with Crippen LogP contribution >= 0.6 is 0 Å². The minimum atomic E-state index is -1.99. The zero-order valence-electron chi connectivity index (χ0n) is 19.0. The molecule has 1 aliphatic heterocycles. The van der Waals surface area contributed by atoms with Crippen molar-refractivity contribution in [3.8, 4) is 28.6 Å². The molecule has 13 heteroatoms. The van der Waals surface area contributed by atoms with Gasteiger partial charge in [-0.05, 0) is 31.2 Å². The maximum atomic E-state index is 12.5. The second kappa shape index (κ2) is 10.2. The van der Waals surface area contributed by atoms with Crippen LogP contribution in [0.25, 0.3) is 22.3 Å². The lowest BCUT2D eigenvalue weighted by molar-refractivity contribution is -0.281. The van der Waals surface area contributed by atoms with Crippen LogP contribution in [0.4, 0.5) is 0 Å². The molecule has 0 aliphatic carbocycles. The van der Waals surface area contributed by atoms with Crippen LogP contribution in [-0.2, 0) is 19.1 Å². The smallest absolute Gasteiger partial charge is 0.352 e. The second-order valence-electron chi connectivity index (χ2n) is 8.26. The number of phenols is 2. The number of benzene rings is 2. The molecule has 0 spiro atoms. The molecule has 0 unspecified atom stereocenters. The molecule has 0 bridgehead atoms. The quantitative estimate of drug-likeness (QED) is 0.186. The van der Waals surface area contributed by atoms with E-state index >= 15 is 0 Å². The molecule has 1 aliphatic rings. The molecule has 0 amide bonds. The fraction of sp³-hybridized carbons (Fsp3) is 0.292. The van der Waals surface area contributed by atoms with Crippen LogP contribution in [0.3, 0.4) is 0 Å². The van der Waals surface area contributed by atoms with Crippen LogP contribution < -0.4 is 10.2 Å². The van der Waals surface area contributed by atoms with Gasteiger partial charge in [0.2, 0.25) is 0 Å². The Balaban J connectivity index is 1.51. The predicted molar refractivity (Wildman–Crippen MR) is 121 cm³/mol. The minimum Gasteiger partial charge on any atom is -0.508 e. The van der Waals surface area contributed by atoms with Gasteiger partial charge in [-0.3, -0.25) is 4.79 Å². The third kappa shape index (κ3) is 5.26. The van der Waals surface area contributed by atoms with Crippen molar-refractivity contribution in [2.24, 2.45) is 0 Å². The van der Waals surface area contributed by atoms with Gasteiger partial charge < -0.3 is 49.3 Å². The molecule has 1 saturated heterocycles. The third-order valence-corrected chi connectivity index (χ3v) is 5.60. The summed E-state index contributed by atoms with van der Waals surface area (Å²) in [7, 11) is 0. The Morgan fingerprint density at radius 1 is 0.946 bits per heavy atom. The number of fused-ring (bicyclic) bond motifs is 1. The first-order valence-corrected chi connectivity index (χ1v) is 10.9. The van der Waals surface area contributed by atoms with Crippen molar-refractivity contribution in [3.05, 3.63) is 52.7 Å². The predicted octanol–water partition coefficient (Wildman–Crippen LogP) is -0.492. The first-order valence-electron chi connectivity index (χ1n) is 10.9. The van der Waals surface area contributed by atoms with Gasteiger partial charge in [-0.25, -0.2) is 9.59 Å². The molecule has 6 N–H and O–H groups in total. The van der Waals surface area contributed by atoms with Gasteiger partial charge >= 0.3 is 11.9 Å². The lowest BCUT2D eigenvalue weighted by atomic mass is 9.99. The van der Waals surface area contributed by atoms with E-state index in [-0.39, 0.29) is 28.2 Å². The highest BCUT2D eigenvalue weighted by Gasteiger charge is 2.47. The van der Waals surface area contributed by atoms with E-state index in [1.807, 2.05) is 0 Å². The van der Waals surface area contributed by atoms with Gasteiger partial charge in [0.05, 0.1) is 0 Å². The normalized spacial score (nSPS) is 24.4. The molecular weight excluding hydrogens is 496 g/mol. The molecule has 1 aromatic heterocycles. The molecule has 196 valence electrons. The molecule has 3 aromatic rings. The van der Waals surface area contributed by atoms with E-state index in [0.29, 0.717) is 5.56 Å². The number of carbonyl (C=O) groups excluding carboxylic acids is 2. The van der Waals surface area contributed by atoms with Crippen LogP contribution in [0.5, 0.6) is 17.2 Å². The van der Waals surface area contributed by atoms with E-state index < -0.39 is 59.9 Å². The summed E-state index contributed by atoms with van der Waals surface area (Å²) in [6.45, 7) is 1.13. The Morgan fingerprint density at radius 2 is 1.62 bits per heavy atom. The molecule has 0 radical (unpaired) electrons. The SMILES string of the molecule is C[C@@H](OC(=O)[C@H]1O[C@@H](O)[C@H](O)[C@@H](O)[C@@H]1O)C(=O)Oc1cc(O)c2c(=O)cc(-c3ccc(O)cc3)oc2c1. The van der Waals surface area contributed by atoms with Crippen molar-refractivity contribution in [1.29, 1.82) is 0 Å². The molecule has 4 rings (SSSR count). The number of aromatic hydroxyl groups is 2.